The topological polar surface area (TPSA) is 136 Å². The fourth-order valence-corrected chi connectivity index (χ4v) is 1.43. The number of nitrogens with one attached hydrogen (secondary N) is 1. The molecule has 7 nitrogen and oxygen atoms in total. The highest BCUT2D eigenvalue weighted by atomic mass is 16.1. The van der Waals surface area contributed by atoms with Crippen LogP contribution >= 0.6 is 0 Å². The molecule has 0 radical (unpaired) electrons. The molecule has 0 spiro atoms. The lowest BCUT2D eigenvalue weighted by Crippen LogP contribution is -1.92. The van der Waals surface area contributed by atoms with Gasteiger partial charge in [-0.05, 0) is 22.1 Å². The lowest BCUT2D eigenvalue weighted by Gasteiger charge is -1.94. The molecule has 110 valence electrons. The van der Waals surface area contributed by atoms with Crippen LogP contribution in [0.4, 0.5) is 0 Å². The maximum absolute atomic E-state index is 11.7. The molecule has 0 aliphatic rings. The van der Waals surface area contributed by atoms with Crippen LogP contribution in [0.5, 0.6) is 0 Å². The van der Waals surface area contributed by atoms with Gasteiger partial charge in [-0.15, -0.1) is 5.53 Å². The minimum Gasteiger partial charge on any atom is -0.373 e. The molecular weight excluding hydrogens is 280 g/mol. The summed E-state index contributed by atoms with van der Waals surface area (Å²) in [6.07, 6.45) is 3.43. The number of carbonyl (C=O) groups is 1. The highest BCUT2D eigenvalue weighted by Gasteiger charge is 1.98. The predicted octanol–water partition coefficient (Wildman–Crippen LogP) is 5.32. The molecule has 0 heterocycles. The van der Waals surface area contributed by atoms with Crippen LogP contribution < -0.4 is 0 Å². The van der Waals surface area contributed by atoms with Crippen LogP contribution in [0, 0.1) is 5.53 Å². The summed E-state index contributed by atoms with van der Waals surface area (Å²) < 4.78 is 0. The van der Waals surface area contributed by atoms with Crippen LogP contribution in [-0.4, -0.2) is 5.78 Å². The van der Waals surface area contributed by atoms with Crippen LogP contribution in [-0.2, 0) is 0 Å². The summed E-state index contributed by atoms with van der Waals surface area (Å²) in [5.41, 5.74) is 27.5. The number of carbonyl (C=O) groups excluding carboxylic acids is 1. The molecule has 0 aliphatic heterocycles. The standard InChI is InChI=1S/C15H12O.HN3.N3/c16-15(14-9-5-2-6-10-14)12-11-13-7-3-1-4-8-13;2*1-3-2/h1-12H;1H;/q;;-1. The van der Waals surface area contributed by atoms with Gasteiger partial charge in [0.1, 0.15) is 0 Å². The lowest BCUT2D eigenvalue weighted by atomic mass is 10.1. The molecule has 0 aliphatic carbocycles. The smallest absolute Gasteiger partial charge is 0.185 e. The molecule has 7 heteroatoms. The number of hydrogen-bond donors (Lipinski definition) is 1. The first-order valence-electron chi connectivity index (χ1n) is 6.01. The Hall–Kier alpha value is -3.53. The predicted molar refractivity (Wildman–Crippen MR) is 85.8 cm³/mol. The summed E-state index contributed by atoms with van der Waals surface area (Å²) in [4.78, 5) is 15.0. The van der Waals surface area contributed by atoms with Crippen molar-refractivity contribution in [2.24, 2.45) is 0 Å². The van der Waals surface area contributed by atoms with Crippen molar-refractivity contribution >= 4 is 11.9 Å². The van der Waals surface area contributed by atoms with E-state index in [0.717, 1.165) is 11.1 Å². The Kier molecular flexibility index (Phi) is 10.5. The lowest BCUT2D eigenvalue weighted by molar-refractivity contribution is 0.104. The van der Waals surface area contributed by atoms with Gasteiger partial charge < -0.3 is 11.1 Å². The van der Waals surface area contributed by atoms with Gasteiger partial charge in [0.05, 0.1) is 0 Å². The number of allylic oxidation sites excluding steroid dienone is 1. The van der Waals surface area contributed by atoms with Gasteiger partial charge in [-0.1, -0.05) is 66.7 Å². The molecule has 2 rings (SSSR count). The molecular formula is C15H13N6O-. The van der Waals surface area contributed by atoms with Crippen LogP contribution in [0.2, 0.25) is 0 Å². The summed E-state index contributed by atoms with van der Waals surface area (Å²) in [5.74, 6) is 0.0319. The van der Waals surface area contributed by atoms with Crippen LogP contribution in [0.3, 0.4) is 0 Å². The first-order chi connectivity index (χ1) is 10.7. The second-order valence-corrected chi connectivity index (χ2v) is 3.66. The molecule has 0 bridgehead atoms. The van der Waals surface area contributed by atoms with E-state index in [1.807, 2.05) is 66.7 Å². The quantitative estimate of drug-likeness (QED) is 0.264. The van der Waals surface area contributed by atoms with Crippen molar-refractivity contribution < 1.29 is 4.79 Å². The second kappa shape index (κ2) is 12.5. The van der Waals surface area contributed by atoms with Crippen LogP contribution in [0.15, 0.2) is 66.7 Å². The normalized spacial score (nSPS) is 8.36. The van der Waals surface area contributed by atoms with Gasteiger partial charge in [-0.25, -0.2) is 0 Å². The Morgan fingerprint density at radius 1 is 0.909 bits per heavy atom. The zero-order valence-electron chi connectivity index (χ0n) is 11.6. The Morgan fingerprint density at radius 3 is 1.77 bits per heavy atom. The Morgan fingerprint density at radius 2 is 1.32 bits per heavy atom. The average molecular weight is 293 g/mol. The number of nitrogens with zero attached hydrogens (tertiary/aromatic N) is 5. The van der Waals surface area contributed by atoms with Gasteiger partial charge >= 0.3 is 0 Å². The summed E-state index contributed by atoms with van der Waals surface area (Å²) in [6.45, 7) is 0. The first-order valence-corrected chi connectivity index (χ1v) is 6.01. The summed E-state index contributed by atoms with van der Waals surface area (Å²) >= 11 is 0. The third-order valence-electron chi connectivity index (χ3n) is 2.29. The van der Waals surface area contributed by atoms with Gasteiger partial charge in [-0.2, -0.15) is 0 Å². The maximum Gasteiger partial charge on any atom is 0.185 e. The van der Waals surface area contributed by atoms with Crippen molar-refractivity contribution in [3.05, 3.63) is 104 Å². The fourth-order valence-electron chi connectivity index (χ4n) is 1.43. The van der Waals surface area contributed by atoms with E-state index in [9.17, 15) is 4.79 Å². The average Bonchev–Trinajstić information content (AvgIpc) is 2.56. The summed E-state index contributed by atoms with van der Waals surface area (Å²) in [6, 6.07) is 19.1. The van der Waals surface area contributed by atoms with E-state index in [0.29, 0.717) is 0 Å². The molecule has 0 saturated heterocycles. The Balaban J connectivity index is 0.000000639. The second-order valence-electron chi connectivity index (χ2n) is 3.66. The maximum atomic E-state index is 11.7. The largest absolute Gasteiger partial charge is 0.373 e. The Bertz CT molecular complexity index is 643. The minimum atomic E-state index is 0.0319. The van der Waals surface area contributed by atoms with Gasteiger partial charge in [0.2, 0.25) is 0 Å². The molecule has 0 atom stereocenters. The fraction of sp³-hybridized carbons (Fsp3) is 0. The minimum absolute atomic E-state index is 0.0319. The zero-order chi connectivity index (χ0) is 16.6. The van der Waals surface area contributed by atoms with Gasteiger partial charge in [0.25, 0.3) is 0 Å². The van der Waals surface area contributed by atoms with E-state index in [2.05, 4.69) is 0 Å². The molecule has 1 N–H and O–H groups in total. The van der Waals surface area contributed by atoms with E-state index >= 15 is 0 Å². The number of ketones is 1. The zero-order valence-corrected chi connectivity index (χ0v) is 11.6. The van der Waals surface area contributed by atoms with Crippen LogP contribution in [0.25, 0.3) is 32.5 Å². The van der Waals surface area contributed by atoms with Crippen molar-refractivity contribution in [1.82, 2.24) is 0 Å². The summed E-state index contributed by atoms with van der Waals surface area (Å²) in [5, 5.41) is 0. The van der Waals surface area contributed by atoms with E-state index in [-0.39, 0.29) is 5.78 Å². The van der Waals surface area contributed by atoms with E-state index in [1.165, 1.54) is 4.91 Å². The monoisotopic (exact) mass is 293 g/mol. The first kappa shape index (κ1) is 18.5. The molecule has 0 amide bonds. The Labute approximate surface area is 127 Å². The summed E-state index contributed by atoms with van der Waals surface area (Å²) in [7, 11) is 0. The van der Waals surface area contributed by atoms with Crippen molar-refractivity contribution in [2.45, 2.75) is 0 Å². The SMILES string of the molecule is O=C(C=Cc1ccccc1)c1ccccc1.[N-]=[N+]=N.[N-]=[N+]=[N-]. The van der Waals surface area contributed by atoms with Gasteiger partial charge in [0, 0.05) is 5.56 Å². The third kappa shape index (κ3) is 8.55. The number of rotatable bonds is 3. The van der Waals surface area contributed by atoms with E-state index in [1.54, 1.807) is 11.0 Å². The number of hydrogen-bond acceptors (Lipinski definition) is 2. The van der Waals surface area contributed by atoms with E-state index in [4.69, 9.17) is 22.1 Å². The van der Waals surface area contributed by atoms with Crippen molar-refractivity contribution in [2.75, 3.05) is 0 Å². The van der Waals surface area contributed by atoms with Crippen molar-refractivity contribution in [3.63, 3.8) is 0 Å². The molecule has 0 fully saturated rings. The van der Waals surface area contributed by atoms with E-state index < -0.39 is 0 Å². The molecule has 0 saturated carbocycles. The highest BCUT2D eigenvalue weighted by molar-refractivity contribution is 6.06. The van der Waals surface area contributed by atoms with Gasteiger partial charge in [0.15, 0.2) is 5.78 Å². The third-order valence-corrected chi connectivity index (χ3v) is 2.29. The van der Waals surface area contributed by atoms with Crippen molar-refractivity contribution in [3.8, 4) is 0 Å². The van der Waals surface area contributed by atoms with Gasteiger partial charge in [-0.3, -0.25) is 9.71 Å². The molecule has 22 heavy (non-hydrogen) atoms. The molecule has 2 aromatic carbocycles. The highest BCUT2D eigenvalue weighted by Crippen LogP contribution is 2.05. The number of benzene rings is 2. The molecule has 0 unspecified atom stereocenters. The van der Waals surface area contributed by atoms with Crippen LogP contribution in [0.1, 0.15) is 15.9 Å². The molecule has 0 aromatic heterocycles. The molecule has 2 aromatic rings. The van der Waals surface area contributed by atoms with Crippen molar-refractivity contribution in [1.29, 1.82) is 5.53 Å².